The number of carbonyl (C=O) groups excluding carboxylic acids is 1. The van der Waals surface area contributed by atoms with Crippen molar-refractivity contribution < 1.29 is 9.53 Å². The maximum absolute atomic E-state index is 12.8. The fraction of sp³-hybridized carbons (Fsp3) is 0.174. The molecule has 30 heavy (non-hydrogen) atoms. The van der Waals surface area contributed by atoms with Crippen LogP contribution in [-0.2, 0) is 11.4 Å². The van der Waals surface area contributed by atoms with Gasteiger partial charge in [-0.1, -0.05) is 42.0 Å². The predicted molar refractivity (Wildman–Crippen MR) is 124 cm³/mol. The molecular weight excluding hydrogens is 414 g/mol. The van der Waals surface area contributed by atoms with Crippen molar-refractivity contribution in [2.75, 3.05) is 6.54 Å². The summed E-state index contributed by atoms with van der Waals surface area (Å²) in [5, 5.41) is 3.18. The van der Waals surface area contributed by atoms with E-state index < -0.39 is 0 Å². The fourth-order valence-electron chi connectivity index (χ4n) is 2.92. The van der Waals surface area contributed by atoms with Gasteiger partial charge in [0.1, 0.15) is 12.4 Å². The molecule has 1 fully saturated rings. The molecule has 4 rings (SSSR count). The lowest BCUT2D eigenvalue weighted by Gasteiger charge is -2.11. The Balaban J connectivity index is 1.50. The average molecular weight is 436 g/mol. The zero-order valence-electron chi connectivity index (χ0n) is 16.7. The smallest absolute Gasteiger partial charge is 0.266 e. The zero-order valence-corrected chi connectivity index (χ0v) is 18.4. The number of nitrogens with zero attached hydrogens (tertiary/aromatic N) is 3. The molecule has 0 atom stereocenters. The van der Waals surface area contributed by atoms with Crippen LogP contribution in [-0.4, -0.2) is 27.5 Å². The molecule has 152 valence electrons. The second-order valence-electron chi connectivity index (χ2n) is 6.72. The first-order valence-electron chi connectivity index (χ1n) is 9.60. The number of ether oxygens (including phenoxy) is 1. The number of thiazole rings is 1. The molecule has 1 aliphatic heterocycles. The summed E-state index contributed by atoms with van der Waals surface area (Å²) in [6.45, 7) is 5.07. The second-order valence-corrected chi connectivity index (χ2v) is 8.60. The summed E-state index contributed by atoms with van der Waals surface area (Å²) in [5.41, 5.74) is 3.26. The second kappa shape index (κ2) is 9.28. The van der Waals surface area contributed by atoms with Crippen LogP contribution in [0.5, 0.6) is 5.75 Å². The highest BCUT2D eigenvalue weighted by molar-refractivity contribution is 8.18. The monoisotopic (exact) mass is 435 g/mol. The van der Waals surface area contributed by atoms with Gasteiger partial charge in [-0.25, -0.2) is 4.98 Å². The summed E-state index contributed by atoms with van der Waals surface area (Å²) in [6.07, 6.45) is 3.60. The summed E-state index contributed by atoms with van der Waals surface area (Å²) in [4.78, 5) is 23.8. The van der Waals surface area contributed by atoms with E-state index in [1.807, 2.05) is 42.6 Å². The number of hydrogen-bond acceptors (Lipinski definition) is 6. The SMILES string of the molecule is CCN1C(=O)/C(=C/c2cccc(OCc3ccc(C)cc3)c2)S/C1=N/c1nccs1. The maximum atomic E-state index is 12.8. The van der Waals surface area contributed by atoms with E-state index >= 15 is 0 Å². The molecule has 0 bridgehead atoms. The summed E-state index contributed by atoms with van der Waals surface area (Å²) in [7, 11) is 0. The Hall–Kier alpha value is -2.90. The molecular formula is C23H21N3O2S2. The maximum Gasteiger partial charge on any atom is 0.266 e. The van der Waals surface area contributed by atoms with Gasteiger partial charge in [0.2, 0.25) is 5.13 Å². The molecule has 1 aliphatic rings. The van der Waals surface area contributed by atoms with Gasteiger partial charge in [0.05, 0.1) is 4.91 Å². The minimum Gasteiger partial charge on any atom is -0.489 e. The number of thioether (sulfide) groups is 1. The summed E-state index contributed by atoms with van der Waals surface area (Å²) in [6, 6.07) is 16.1. The Bertz CT molecular complexity index is 1090. The third-order valence-electron chi connectivity index (χ3n) is 4.50. The van der Waals surface area contributed by atoms with Crippen LogP contribution in [0.1, 0.15) is 23.6 Å². The van der Waals surface area contributed by atoms with Gasteiger partial charge in [-0.15, -0.1) is 11.3 Å². The molecule has 0 N–H and O–H groups in total. The standard InChI is InChI=1S/C23H21N3O2S2/c1-3-26-21(27)20(30-23(26)25-22-24-11-12-29-22)14-18-5-4-6-19(13-18)28-15-17-9-7-16(2)8-10-17/h4-14H,3,15H2,1-2H3/b20-14-,25-23+. The summed E-state index contributed by atoms with van der Waals surface area (Å²) < 4.78 is 5.94. The van der Waals surface area contributed by atoms with Crippen molar-refractivity contribution in [2.45, 2.75) is 20.5 Å². The van der Waals surface area contributed by atoms with Gasteiger partial charge in [0, 0.05) is 18.1 Å². The highest BCUT2D eigenvalue weighted by Gasteiger charge is 2.32. The van der Waals surface area contributed by atoms with Crippen LogP contribution >= 0.6 is 23.1 Å². The molecule has 1 aromatic heterocycles. The normalized spacial score (nSPS) is 16.6. The van der Waals surface area contributed by atoms with E-state index in [4.69, 9.17) is 4.74 Å². The minimum absolute atomic E-state index is 0.0382. The van der Waals surface area contributed by atoms with Gasteiger partial charge in [0.15, 0.2) is 5.17 Å². The highest BCUT2D eigenvalue weighted by atomic mass is 32.2. The third-order valence-corrected chi connectivity index (χ3v) is 6.17. The number of amides is 1. The van der Waals surface area contributed by atoms with Crippen LogP contribution in [0.25, 0.3) is 6.08 Å². The first kappa shape index (κ1) is 20.4. The predicted octanol–water partition coefficient (Wildman–Crippen LogP) is 5.65. The van der Waals surface area contributed by atoms with Crippen molar-refractivity contribution in [3.8, 4) is 5.75 Å². The van der Waals surface area contributed by atoms with Crippen molar-refractivity contribution in [1.82, 2.24) is 9.88 Å². The largest absolute Gasteiger partial charge is 0.489 e. The number of amidine groups is 1. The number of carbonyl (C=O) groups is 1. The lowest BCUT2D eigenvalue weighted by Crippen LogP contribution is -2.28. The molecule has 2 heterocycles. The van der Waals surface area contributed by atoms with Gasteiger partial charge in [-0.3, -0.25) is 9.69 Å². The molecule has 0 spiro atoms. The minimum atomic E-state index is -0.0382. The van der Waals surface area contributed by atoms with Gasteiger partial charge in [0.25, 0.3) is 5.91 Å². The molecule has 1 saturated heterocycles. The molecule has 1 amide bonds. The van der Waals surface area contributed by atoms with E-state index in [9.17, 15) is 4.79 Å². The lowest BCUT2D eigenvalue weighted by atomic mass is 10.1. The average Bonchev–Trinajstić information content (AvgIpc) is 3.36. The number of likely N-dealkylation sites (N-methyl/N-ethyl adjacent to an activating group) is 1. The topological polar surface area (TPSA) is 54.8 Å². The van der Waals surface area contributed by atoms with Crippen LogP contribution in [0.15, 0.2) is 70.0 Å². The van der Waals surface area contributed by atoms with Crippen molar-refractivity contribution >= 4 is 45.4 Å². The Labute approximate surface area is 184 Å². The van der Waals surface area contributed by atoms with Crippen LogP contribution in [0.4, 0.5) is 5.13 Å². The Morgan fingerprint density at radius 2 is 2.03 bits per heavy atom. The van der Waals surface area contributed by atoms with Crippen LogP contribution in [0.3, 0.4) is 0 Å². The lowest BCUT2D eigenvalue weighted by molar-refractivity contribution is -0.122. The highest BCUT2D eigenvalue weighted by Crippen LogP contribution is 2.34. The summed E-state index contributed by atoms with van der Waals surface area (Å²) >= 11 is 2.82. The quantitative estimate of drug-likeness (QED) is 0.469. The molecule has 3 aromatic rings. The van der Waals surface area contributed by atoms with E-state index in [2.05, 4.69) is 41.2 Å². The first-order valence-corrected chi connectivity index (χ1v) is 11.3. The number of rotatable bonds is 6. The molecule has 0 saturated carbocycles. The first-order chi connectivity index (χ1) is 14.6. The van der Waals surface area contributed by atoms with Crippen LogP contribution < -0.4 is 4.74 Å². The molecule has 0 aliphatic carbocycles. The Kier molecular flexibility index (Phi) is 6.30. The van der Waals surface area contributed by atoms with Crippen LogP contribution in [0.2, 0.25) is 0 Å². The van der Waals surface area contributed by atoms with E-state index in [0.29, 0.717) is 28.4 Å². The van der Waals surface area contributed by atoms with Crippen molar-refractivity contribution in [2.24, 2.45) is 4.99 Å². The number of benzene rings is 2. The molecule has 5 nitrogen and oxygen atoms in total. The number of aromatic nitrogens is 1. The Morgan fingerprint density at radius 1 is 1.20 bits per heavy atom. The van der Waals surface area contributed by atoms with Gasteiger partial charge in [-0.05, 0) is 54.9 Å². The van der Waals surface area contributed by atoms with Crippen molar-refractivity contribution in [3.05, 3.63) is 81.7 Å². The summed E-state index contributed by atoms with van der Waals surface area (Å²) in [5.74, 6) is 0.730. The molecule has 0 radical (unpaired) electrons. The van der Waals surface area contributed by atoms with Crippen molar-refractivity contribution in [1.29, 1.82) is 0 Å². The molecule has 0 unspecified atom stereocenters. The number of aliphatic imine (C=N–C) groups is 1. The van der Waals surface area contributed by atoms with Gasteiger partial charge in [-0.2, -0.15) is 4.99 Å². The van der Waals surface area contributed by atoms with Crippen LogP contribution in [0, 0.1) is 6.92 Å². The van der Waals surface area contributed by atoms with Gasteiger partial charge < -0.3 is 4.74 Å². The molecule has 7 heteroatoms. The third kappa shape index (κ3) is 4.80. The van der Waals surface area contributed by atoms with E-state index in [1.54, 1.807) is 11.1 Å². The molecule has 2 aromatic carbocycles. The van der Waals surface area contributed by atoms with E-state index in [-0.39, 0.29) is 5.91 Å². The number of aryl methyl sites for hydroxylation is 1. The van der Waals surface area contributed by atoms with E-state index in [0.717, 1.165) is 16.9 Å². The Morgan fingerprint density at radius 3 is 2.77 bits per heavy atom. The van der Waals surface area contributed by atoms with E-state index in [1.165, 1.54) is 28.7 Å². The number of hydrogen-bond donors (Lipinski definition) is 0. The van der Waals surface area contributed by atoms with Gasteiger partial charge >= 0.3 is 0 Å². The van der Waals surface area contributed by atoms with Crippen molar-refractivity contribution in [3.63, 3.8) is 0 Å². The zero-order chi connectivity index (χ0) is 20.9. The fourth-order valence-corrected chi connectivity index (χ4v) is 4.53.